The number of carbonyl (C=O) groups is 1. The monoisotopic (exact) mass is 641 g/mol. The first kappa shape index (κ1) is 33.0. The molecule has 47 heavy (non-hydrogen) atoms. The van der Waals surface area contributed by atoms with Crippen LogP contribution < -0.4 is 16.0 Å². The molecule has 1 saturated carbocycles. The number of aryl methyl sites for hydroxylation is 1. The molecule has 6 rings (SSSR count). The van der Waals surface area contributed by atoms with Crippen LogP contribution in [-0.2, 0) is 35.5 Å². The topological polar surface area (TPSA) is 80.2 Å². The minimum atomic E-state index is -0.545. The van der Waals surface area contributed by atoms with Crippen molar-refractivity contribution in [3.63, 3.8) is 0 Å². The SMILES string of the molecule is CCC[C@H](N[C@H]1CCc2cc(F)cc(F)c2C1)C(=O)Nc1cn(-c2ccccc2CN[C@@H]2CCCC[C@H]2OCc2ccccc2)cn1. The average Bonchev–Trinajstić information content (AvgIpc) is 3.55. The zero-order valence-corrected chi connectivity index (χ0v) is 27.1. The quantitative estimate of drug-likeness (QED) is 0.146. The predicted molar refractivity (Wildman–Crippen MR) is 180 cm³/mol. The van der Waals surface area contributed by atoms with Crippen molar-refractivity contribution in [2.24, 2.45) is 0 Å². The third kappa shape index (κ3) is 8.52. The summed E-state index contributed by atoms with van der Waals surface area (Å²) in [5.74, 6) is -0.760. The summed E-state index contributed by atoms with van der Waals surface area (Å²) in [6, 6.07) is 20.6. The number of aromatic nitrogens is 2. The lowest BCUT2D eigenvalue weighted by molar-refractivity contribution is -0.118. The van der Waals surface area contributed by atoms with Crippen molar-refractivity contribution in [2.45, 2.75) is 102 Å². The van der Waals surface area contributed by atoms with Crippen LogP contribution in [0.5, 0.6) is 0 Å². The van der Waals surface area contributed by atoms with Crippen LogP contribution in [0.2, 0.25) is 0 Å². The fourth-order valence-electron chi connectivity index (χ4n) is 6.99. The molecular weight excluding hydrogens is 596 g/mol. The van der Waals surface area contributed by atoms with Crippen molar-refractivity contribution >= 4 is 11.7 Å². The van der Waals surface area contributed by atoms with Crippen molar-refractivity contribution in [1.82, 2.24) is 20.2 Å². The van der Waals surface area contributed by atoms with Crippen LogP contribution in [0.3, 0.4) is 0 Å². The van der Waals surface area contributed by atoms with Crippen molar-refractivity contribution in [1.29, 1.82) is 0 Å². The highest BCUT2D eigenvalue weighted by atomic mass is 19.1. The molecule has 2 aliphatic carbocycles. The van der Waals surface area contributed by atoms with Gasteiger partial charge in [-0.25, -0.2) is 13.8 Å². The molecule has 0 radical (unpaired) electrons. The van der Waals surface area contributed by atoms with Gasteiger partial charge in [-0.1, -0.05) is 74.7 Å². The van der Waals surface area contributed by atoms with E-state index in [-0.39, 0.29) is 24.1 Å². The summed E-state index contributed by atoms with van der Waals surface area (Å²) >= 11 is 0. The second-order valence-electron chi connectivity index (χ2n) is 12.9. The maximum Gasteiger partial charge on any atom is 0.242 e. The summed E-state index contributed by atoms with van der Waals surface area (Å²) in [6.07, 6.45) is 11.4. The van der Waals surface area contributed by atoms with E-state index in [1.165, 1.54) is 24.5 Å². The number of anilines is 1. The largest absolute Gasteiger partial charge is 0.372 e. The van der Waals surface area contributed by atoms with E-state index >= 15 is 0 Å². The van der Waals surface area contributed by atoms with Crippen LogP contribution in [0.4, 0.5) is 14.6 Å². The Morgan fingerprint density at radius 2 is 1.85 bits per heavy atom. The Balaban J connectivity index is 1.07. The van der Waals surface area contributed by atoms with Crippen molar-refractivity contribution < 1.29 is 18.3 Å². The summed E-state index contributed by atoms with van der Waals surface area (Å²) in [5.41, 5.74) is 4.57. The van der Waals surface area contributed by atoms with Crippen LogP contribution in [0.25, 0.3) is 5.69 Å². The Kier molecular flexibility index (Phi) is 11.1. The number of para-hydroxylation sites is 1. The summed E-state index contributed by atoms with van der Waals surface area (Å²) in [4.78, 5) is 17.9. The molecule has 0 saturated heterocycles. The summed E-state index contributed by atoms with van der Waals surface area (Å²) in [5, 5.41) is 10.2. The van der Waals surface area contributed by atoms with Gasteiger partial charge in [-0.2, -0.15) is 0 Å². The number of carbonyl (C=O) groups excluding carboxylic acids is 1. The smallest absolute Gasteiger partial charge is 0.242 e. The lowest BCUT2D eigenvalue weighted by Gasteiger charge is -2.32. The normalized spacial score (nSPS) is 20.0. The Bertz CT molecular complexity index is 1630. The second-order valence-corrected chi connectivity index (χ2v) is 12.9. The van der Waals surface area contributed by atoms with E-state index in [0.717, 1.165) is 36.6 Å². The summed E-state index contributed by atoms with van der Waals surface area (Å²) in [7, 11) is 0. The molecule has 7 nitrogen and oxygen atoms in total. The second kappa shape index (κ2) is 15.8. The van der Waals surface area contributed by atoms with Gasteiger partial charge < -0.3 is 25.3 Å². The van der Waals surface area contributed by atoms with E-state index in [9.17, 15) is 13.6 Å². The summed E-state index contributed by atoms with van der Waals surface area (Å²) in [6.45, 7) is 3.34. The van der Waals surface area contributed by atoms with E-state index in [2.05, 4.69) is 45.2 Å². The Morgan fingerprint density at radius 3 is 2.70 bits per heavy atom. The van der Waals surface area contributed by atoms with Gasteiger partial charge in [0, 0.05) is 24.7 Å². The zero-order chi connectivity index (χ0) is 32.6. The van der Waals surface area contributed by atoms with Gasteiger partial charge in [0.25, 0.3) is 0 Å². The van der Waals surface area contributed by atoms with E-state index in [4.69, 9.17) is 4.74 Å². The lowest BCUT2D eigenvalue weighted by Crippen LogP contribution is -2.48. The molecule has 9 heteroatoms. The van der Waals surface area contributed by atoms with Crippen LogP contribution in [0, 0.1) is 11.6 Å². The molecule has 3 aromatic carbocycles. The van der Waals surface area contributed by atoms with Crippen LogP contribution in [0.1, 0.15) is 74.1 Å². The molecule has 1 fully saturated rings. The molecule has 4 aromatic rings. The highest BCUT2D eigenvalue weighted by Crippen LogP contribution is 2.27. The number of benzene rings is 3. The standard InChI is InChI=1S/C38H45F2N5O2/c1-2-10-34(43-30-18-17-27-19-29(39)20-32(40)31(27)21-30)38(46)44-37-23-45(25-42-37)35-15-8-6-13-28(35)22-41-33-14-7-9-16-36(33)47-24-26-11-4-3-5-12-26/h3-6,8,11-13,15,19-20,23,25,30,33-34,36,41,43H,2,7,9-10,14,16-18,21-22,24H2,1H3,(H,44,46)/t30-,33+,34-,36+/m0/s1. The molecule has 3 N–H and O–H groups in total. The lowest BCUT2D eigenvalue weighted by atomic mass is 9.87. The number of hydrogen-bond acceptors (Lipinski definition) is 5. The number of halogens is 2. The van der Waals surface area contributed by atoms with Crippen molar-refractivity contribution in [3.8, 4) is 5.69 Å². The Hall–Kier alpha value is -3.92. The van der Waals surface area contributed by atoms with E-state index in [1.807, 2.05) is 48.0 Å². The molecule has 2 aliphatic rings. The van der Waals surface area contributed by atoms with Crippen molar-refractivity contribution in [3.05, 3.63) is 113 Å². The fourth-order valence-corrected chi connectivity index (χ4v) is 6.99. The highest BCUT2D eigenvalue weighted by molar-refractivity contribution is 5.94. The van der Waals surface area contributed by atoms with Crippen molar-refractivity contribution in [2.75, 3.05) is 5.32 Å². The number of fused-ring (bicyclic) bond motifs is 1. The van der Waals surface area contributed by atoms with Gasteiger partial charge in [0.05, 0.1) is 30.6 Å². The molecule has 1 heterocycles. The number of ether oxygens (including phenoxy) is 1. The molecule has 0 unspecified atom stereocenters. The van der Waals surface area contributed by atoms with E-state index < -0.39 is 17.7 Å². The number of rotatable bonds is 13. The molecular formula is C38H45F2N5O2. The number of nitrogens with zero attached hydrogens (tertiary/aromatic N) is 2. The fraction of sp³-hybridized carbons (Fsp3) is 0.421. The average molecular weight is 642 g/mol. The van der Waals surface area contributed by atoms with Gasteiger partial charge in [-0.3, -0.25) is 4.79 Å². The number of imidazole rings is 1. The van der Waals surface area contributed by atoms with Gasteiger partial charge in [0.15, 0.2) is 5.82 Å². The minimum Gasteiger partial charge on any atom is -0.372 e. The van der Waals surface area contributed by atoms with Gasteiger partial charge >= 0.3 is 0 Å². The zero-order valence-electron chi connectivity index (χ0n) is 27.1. The minimum absolute atomic E-state index is 0.0748. The van der Waals surface area contributed by atoms with Crippen LogP contribution in [-0.4, -0.2) is 39.7 Å². The number of hydrogen-bond donors (Lipinski definition) is 3. The third-order valence-electron chi connectivity index (χ3n) is 9.46. The predicted octanol–water partition coefficient (Wildman–Crippen LogP) is 7.02. The first-order chi connectivity index (χ1) is 23.0. The van der Waals surface area contributed by atoms with Gasteiger partial charge in [0.2, 0.25) is 5.91 Å². The van der Waals surface area contributed by atoms with E-state index in [1.54, 1.807) is 6.33 Å². The van der Waals surface area contributed by atoms with Crippen LogP contribution in [0.15, 0.2) is 79.3 Å². The molecule has 248 valence electrons. The molecule has 0 bridgehead atoms. The molecule has 0 aliphatic heterocycles. The molecule has 1 amide bonds. The Morgan fingerprint density at radius 1 is 1.04 bits per heavy atom. The first-order valence-electron chi connectivity index (χ1n) is 17.0. The maximum absolute atomic E-state index is 14.5. The number of amides is 1. The van der Waals surface area contributed by atoms with E-state index in [0.29, 0.717) is 55.8 Å². The Labute approximate surface area is 276 Å². The summed E-state index contributed by atoms with van der Waals surface area (Å²) < 4.78 is 36.5. The first-order valence-corrected chi connectivity index (χ1v) is 17.0. The van der Waals surface area contributed by atoms with Gasteiger partial charge in [-0.15, -0.1) is 0 Å². The molecule has 4 atom stereocenters. The molecule has 1 aromatic heterocycles. The number of nitrogens with one attached hydrogen (secondary N) is 3. The maximum atomic E-state index is 14.5. The molecule has 0 spiro atoms. The highest BCUT2D eigenvalue weighted by Gasteiger charge is 2.28. The van der Waals surface area contributed by atoms with Crippen LogP contribution >= 0.6 is 0 Å². The van der Waals surface area contributed by atoms with Gasteiger partial charge in [-0.05, 0) is 72.9 Å². The van der Waals surface area contributed by atoms with Gasteiger partial charge in [0.1, 0.15) is 18.0 Å². The third-order valence-corrected chi connectivity index (χ3v) is 9.46.